The van der Waals surface area contributed by atoms with Gasteiger partial charge in [-0.3, -0.25) is 20.2 Å². The Kier molecular flexibility index (Phi) is 4.16. The first kappa shape index (κ1) is 17.2. The molecule has 0 bridgehead atoms. The summed E-state index contributed by atoms with van der Waals surface area (Å²) in [5, 5.41) is 17.6. The van der Waals surface area contributed by atoms with Crippen LogP contribution in [0.5, 0.6) is 0 Å². The van der Waals surface area contributed by atoms with E-state index in [9.17, 15) is 14.9 Å². The number of nitrogens with two attached hydrogens (primary N) is 1. The monoisotopic (exact) mass is 364 g/mol. The summed E-state index contributed by atoms with van der Waals surface area (Å²) < 4.78 is 0. The van der Waals surface area contributed by atoms with Crippen LogP contribution >= 0.6 is 0 Å². The van der Waals surface area contributed by atoms with Crippen molar-refractivity contribution < 1.29 is 9.72 Å². The highest BCUT2D eigenvalue weighted by Crippen LogP contribution is 2.42. The van der Waals surface area contributed by atoms with E-state index in [-0.39, 0.29) is 11.7 Å². The van der Waals surface area contributed by atoms with E-state index in [1.807, 2.05) is 30.3 Å². The van der Waals surface area contributed by atoms with Gasteiger partial charge in [-0.15, -0.1) is 0 Å². The van der Waals surface area contributed by atoms with Crippen molar-refractivity contribution in [3.8, 4) is 0 Å². The predicted molar refractivity (Wildman–Crippen MR) is 103 cm³/mol. The summed E-state index contributed by atoms with van der Waals surface area (Å²) in [6.45, 7) is 0.393. The van der Waals surface area contributed by atoms with Crippen LogP contribution in [0.25, 0.3) is 5.57 Å². The summed E-state index contributed by atoms with van der Waals surface area (Å²) in [6.07, 6.45) is 3.33. The maximum Gasteiger partial charge on any atom is 0.269 e. The van der Waals surface area contributed by atoms with Crippen LogP contribution in [0, 0.1) is 10.1 Å². The van der Waals surface area contributed by atoms with E-state index in [0.29, 0.717) is 13.0 Å². The quantitative estimate of drug-likeness (QED) is 0.558. The second-order valence-corrected chi connectivity index (χ2v) is 6.99. The molecule has 0 saturated carbocycles. The molecule has 4 N–H and O–H groups in total. The molecule has 0 saturated heterocycles. The first-order valence-electron chi connectivity index (χ1n) is 8.85. The molecule has 2 aromatic carbocycles. The molecule has 1 aliphatic carbocycles. The SMILES string of the molecule is NC(=O)C1(NCc2ccc([N+](=O)[O-])cc2)C=C2c3ccccc3NC2CC1. The second kappa shape index (κ2) is 6.51. The summed E-state index contributed by atoms with van der Waals surface area (Å²) in [7, 11) is 0. The molecule has 4 rings (SSSR count). The molecule has 0 aromatic heterocycles. The third kappa shape index (κ3) is 3.06. The van der Waals surface area contributed by atoms with E-state index < -0.39 is 16.4 Å². The standard InChI is InChI=1S/C20H20N4O3/c21-19(25)20(22-12-13-5-7-14(8-6-13)24(26)27)10-9-18-16(11-20)15-3-1-2-4-17(15)23-18/h1-8,11,18,22-23H,9-10,12H2,(H2,21,25). The van der Waals surface area contributed by atoms with Gasteiger partial charge in [0.1, 0.15) is 5.54 Å². The van der Waals surface area contributed by atoms with Crippen LogP contribution in [0.4, 0.5) is 11.4 Å². The van der Waals surface area contributed by atoms with Crippen LogP contribution in [0.2, 0.25) is 0 Å². The normalized spacial score (nSPS) is 23.0. The van der Waals surface area contributed by atoms with Crippen LogP contribution in [-0.2, 0) is 11.3 Å². The molecular formula is C20H20N4O3. The third-order valence-corrected chi connectivity index (χ3v) is 5.37. The van der Waals surface area contributed by atoms with Crippen molar-refractivity contribution in [3.63, 3.8) is 0 Å². The number of nitrogens with one attached hydrogen (secondary N) is 2. The van der Waals surface area contributed by atoms with Crippen molar-refractivity contribution in [2.45, 2.75) is 31.0 Å². The average molecular weight is 364 g/mol. The van der Waals surface area contributed by atoms with Gasteiger partial charge in [-0.2, -0.15) is 0 Å². The van der Waals surface area contributed by atoms with Crippen molar-refractivity contribution >= 4 is 22.9 Å². The number of benzene rings is 2. The summed E-state index contributed by atoms with van der Waals surface area (Å²) in [5.74, 6) is -0.417. The van der Waals surface area contributed by atoms with Crippen molar-refractivity contribution in [3.05, 3.63) is 75.8 Å². The molecule has 0 fully saturated rings. The maximum absolute atomic E-state index is 12.3. The number of nitro groups is 1. The number of non-ortho nitro benzene ring substituents is 1. The number of nitrogens with zero attached hydrogens (tertiary/aromatic N) is 1. The summed E-state index contributed by atoms with van der Waals surface area (Å²) in [6, 6.07) is 14.5. The number of hydrogen-bond acceptors (Lipinski definition) is 5. The predicted octanol–water partition coefficient (Wildman–Crippen LogP) is 2.58. The van der Waals surface area contributed by atoms with Crippen LogP contribution < -0.4 is 16.4 Å². The molecule has 27 heavy (non-hydrogen) atoms. The second-order valence-electron chi connectivity index (χ2n) is 6.99. The summed E-state index contributed by atoms with van der Waals surface area (Å²) >= 11 is 0. The molecular weight excluding hydrogens is 344 g/mol. The van der Waals surface area contributed by atoms with Gasteiger partial charge in [0.25, 0.3) is 5.69 Å². The largest absolute Gasteiger partial charge is 0.378 e. The molecule has 1 aliphatic heterocycles. The molecule has 1 heterocycles. The van der Waals surface area contributed by atoms with E-state index in [1.54, 1.807) is 12.1 Å². The van der Waals surface area contributed by atoms with Gasteiger partial charge in [-0.1, -0.05) is 30.3 Å². The Hall–Kier alpha value is -3.19. The van der Waals surface area contributed by atoms with Crippen molar-refractivity contribution in [1.29, 1.82) is 0 Å². The molecule has 0 radical (unpaired) electrons. The van der Waals surface area contributed by atoms with Crippen molar-refractivity contribution in [2.24, 2.45) is 5.73 Å². The van der Waals surface area contributed by atoms with Crippen molar-refractivity contribution in [2.75, 3.05) is 5.32 Å². The number of carbonyl (C=O) groups excluding carboxylic acids is 1. The molecule has 1 amide bonds. The number of amides is 1. The van der Waals surface area contributed by atoms with Gasteiger partial charge in [0, 0.05) is 29.9 Å². The van der Waals surface area contributed by atoms with E-state index in [1.165, 1.54) is 12.1 Å². The molecule has 2 aromatic rings. The Morgan fingerprint density at radius 2 is 2.00 bits per heavy atom. The third-order valence-electron chi connectivity index (χ3n) is 5.37. The zero-order valence-electron chi connectivity index (χ0n) is 14.6. The molecule has 0 spiro atoms. The van der Waals surface area contributed by atoms with Crippen LogP contribution in [-0.4, -0.2) is 22.4 Å². The van der Waals surface area contributed by atoms with Crippen molar-refractivity contribution in [1.82, 2.24) is 5.32 Å². The Morgan fingerprint density at radius 1 is 1.26 bits per heavy atom. The zero-order chi connectivity index (χ0) is 19.0. The lowest BCUT2D eigenvalue weighted by Crippen LogP contribution is -2.55. The number of rotatable bonds is 5. The first-order valence-corrected chi connectivity index (χ1v) is 8.85. The van der Waals surface area contributed by atoms with Gasteiger partial charge in [0.2, 0.25) is 5.91 Å². The highest BCUT2D eigenvalue weighted by atomic mass is 16.6. The smallest absolute Gasteiger partial charge is 0.269 e. The number of anilines is 1. The molecule has 2 unspecified atom stereocenters. The number of carbonyl (C=O) groups is 1. The van der Waals surface area contributed by atoms with E-state index in [2.05, 4.69) is 10.6 Å². The minimum absolute atomic E-state index is 0.0413. The highest BCUT2D eigenvalue weighted by molar-refractivity contribution is 5.95. The molecule has 2 atom stereocenters. The Balaban J connectivity index is 1.60. The molecule has 7 heteroatoms. The lowest BCUT2D eigenvalue weighted by molar-refractivity contribution is -0.384. The van der Waals surface area contributed by atoms with Crippen LogP contribution in [0.3, 0.4) is 0 Å². The molecule has 7 nitrogen and oxygen atoms in total. The Morgan fingerprint density at radius 3 is 2.70 bits per heavy atom. The lowest BCUT2D eigenvalue weighted by atomic mass is 9.79. The molecule has 138 valence electrons. The highest BCUT2D eigenvalue weighted by Gasteiger charge is 2.42. The number of para-hydroxylation sites is 1. The van der Waals surface area contributed by atoms with Gasteiger partial charge in [-0.25, -0.2) is 0 Å². The fraction of sp³-hybridized carbons (Fsp3) is 0.250. The fourth-order valence-electron chi connectivity index (χ4n) is 3.85. The maximum atomic E-state index is 12.3. The van der Waals surface area contributed by atoms with Crippen LogP contribution in [0.15, 0.2) is 54.6 Å². The number of fused-ring (bicyclic) bond motifs is 3. The number of hydrogen-bond donors (Lipinski definition) is 3. The Labute approximate surface area is 156 Å². The Bertz CT molecular complexity index is 938. The minimum Gasteiger partial charge on any atom is -0.378 e. The summed E-state index contributed by atoms with van der Waals surface area (Å²) in [5.41, 5.74) is 9.00. The summed E-state index contributed by atoms with van der Waals surface area (Å²) in [4.78, 5) is 22.7. The van der Waals surface area contributed by atoms with Gasteiger partial charge >= 0.3 is 0 Å². The fourth-order valence-corrected chi connectivity index (χ4v) is 3.85. The van der Waals surface area contributed by atoms with Gasteiger partial charge in [0.15, 0.2) is 0 Å². The zero-order valence-corrected chi connectivity index (χ0v) is 14.6. The number of nitro benzene ring substituents is 1. The number of primary amides is 1. The van der Waals surface area contributed by atoms with Crippen LogP contribution in [0.1, 0.15) is 24.0 Å². The van der Waals surface area contributed by atoms with Gasteiger partial charge in [0.05, 0.1) is 11.0 Å². The molecule has 2 aliphatic rings. The van der Waals surface area contributed by atoms with E-state index in [4.69, 9.17) is 5.73 Å². The minimum atomic E-state index is -0.938. The van der Waals surface area contributed by atoms with Gasteiger partial charge < -0.3 is 11.1 Å². The lowest BCUT2D eigenvalue weighted by Gasteiger charge is -2.35. The van der Waals surface area contributed by atoms with E-state index >= 15 is 0 Å². The first-order chi connectivity index (χ1) is 13.0. The van der Waals surface area contributed by atoms with E-state index in [0.717, 1.165) is 28.8 Å². The van der Waals surface area contributed by atoms with Gasteiger partial charge in [-0.05, 0) is 36.1 Å². The average Bonchev–Trinajstić information content (AvgIpc) is 3.04. The topological polar surface area (TPSA) is 110 Å².